The summed E-state index contributed by atoms with van der Waals surface area (Å²) in [5, 5.41) is 12.4. The number of benzene rings is 2. The van der Waals surface area contributed by atoms with Crippen molar-refractivity contribution in [2.75, 3.05) is 0 Å². The fourth-order valence-corrected chi connectivity index (χ4v) is 2.90. The fraction of sp³-hybridized carbons (Fsp3) is 0.211. The van der Waals surface area contributed by atoms with Crippen molar-refractivity contribution < 1.29 is 27.8 Å². The number of primary amides is 1. The maximum Gasteiger partial charge on any atom is 0.573 e. The Hall–Kier alpha value is -3.96. The molecule has 3 aromatic rings. The van der Waals surface area contributed by atoms with E-state index in [0.29, 0.717) is 10.1 Å². The SMILES string of the molecule is CC(Cc1ccc(O)c(-n2[nH]c(=O)n(-c3ccc(OC(F)(F)F)cc3)c2=O)c1)C(N)=O. The summed E-state index contributed by atoms with van der Waals surface area (Å²) >= 11 is 0. The van der Waals surface area contributed by atoms with Crippen LogP contribution >= 0.6 is 0 Å². The zero-order valence-electron chi connectivity index (χ0n) is 16.0. The summed E-state index contributed by atoms with van der Waals surface area (Å²) in [6.45, 7) is 1.62. The van der Waals surface area contributed by atoms with E-state index < -0.39 is 35.3 Å². The predicted molar refractivity (Wildman–Crippen MR) is 102 cm³/mol. The first-order valence-electron chi connectivity index (χ1n) is 8.88. The first-order valence-corrected chi connectivity index (χ1v) is 8.88. The molecule has 164 valence electrons. The molecule has 0 bridgehead atoms. The molecule has 1 atom stereocenters. The Morgan fingerprint density at radius 3 is 2.42 bits per heavy atom. The number of aromatic amines is 1. The summed E-state index contributed by atoms with van der Waals surface area (Å²) in [4.78, 5) is 36.4. The summed E-state index contributed by atoms with van der Waals surface area (Å²) in [6, 6.07) is 8.36. The molecular formula is C19H17F3N4O5. The Labute approximate surface area is 172 Å². The van der Waals surface area contributed by atoms with E-state index in [2.05, 4.69) is 9.84 Å². The average molecular weight is 438 g/mol. The van der Waals surface area contributed by atoms with Crippen LogP contribution in [0.1, 0.15) is 12.5 Å². The van der Waals surface area contributed by atoms with Crippen molar-refractivity contribution >= 4 is 5.91 Å². The van der Waals surface area contributed by atoms with Crippen molar-refractivity contribution in [1.82, 2.24) is 14.3 Å². The molecule has 2 aromatic carbocycles. The number of nitrogens with one attached hydrogen (secondary N) is 1. The third-order valence-corrected chi connectivity index (χ3v) is 4.43. The lowest BCUT2D eigenvalue weighted by Crippen LogP contribution is -2.27. The number of carbonyl (C=O) groups is 1. The van der Waals surface area contributed by atoms with Gasteiger partial charge >= 0.3 is 17.7 Å². The smallest absolute Gasteiger partial charge is 0.506 e. The van der Waals surface area contributed by atoms with Gasteiger partial charge in [-0.1, -0.05) is 13.0 Å². The number of hydrogen-bond acceptors (Lipinski definition) is 5. The van der Waals surface area contributed by atoms with Gasteiger partial charge in [-0.2, -0.15) is 4.68 Å². The number of phenols is 1. The number of halogens is 3. The maximum absolute atomic E-state index is 12.8. The van der Waals surface area contributed by atoms with E-state index in [9.17, 15) is 32.7 Å². The monoisotopic (exact) mass is 438 g/mol. The zero-order valence-corrected chi connectivity index (χ0v) is 16.0. The van der Waals surface area contributed by atoms with Crippen LogP contribution in [-0.2, 0) is 11.2 Å². The van der Waals surface area contributed by atoms with E-state index in [-0.39, 0.29) is 23.5 Å². The number of ether oxygens (including phenoxy) is 1. The van der Waals surface area contributed by atoms with Crippen LogP contribution in [-0.4, -0.2) is 31.7 Å². The minimum atomic E-state index is -4.88. The van der Waals surface area contributed by atoms with Crippen molar-refractivity contribution in [2.45, 2.75) is 19.7 Å². The number of H-pyrrole nitrogens is 1. The standard InChI is InChI=1S/C19H17F3N4O5/c1-10(16(23)28)8-11-2-7-15(27)14(9-11)26-18(30)25(17(29)24-26)12-3-5-13(6-4-12)31-19(20,21)22/h2-7,9-10,27H,8H2,1H3,(H2,23,28)(H,24,29). The minimum Gasteiger partial charge on any atom is -0.506 e. The van der Waals surface area contributed by atoms with Crippen molar-refractivity contribution in [3.05, 3.63) is 69.0 Å². The summed E-state index contributed by atoms with van der Waals surface area (Å²) in [7, 11) is 0. The summed E-state index contributed by atoms with van der Waals surface area (Å²) < 4.78 is 42.1. The largest absolute Gasteiger partial charge is 0.573 e. The van der Waals surface area contributed by atoms with Gasteiger partial charge in [-0.25, -0.2) is 19.3 Å². The number of hydrogen-bond donors (Lipinski definition) is 3. The second-order valence-electron chi connectivity index (χ2n) is 6.74. The number of nitrogens with zero attached hydrogens (tertiary/aromatic N) is 2. The van der Waals surface area contributed by atoms with Crippen LogP contribution in [0.2, 0.25) is 0 Å². The van der Waals surface area contributed by atoms with E-state index in [1.807, 2.05) is 0 Å². The third-order valence-electron chi connectivity index (χ3n) is 4.43. The van der Waals surface area contributed by atoms with Gasteiger partial charge in [0.15, 0.2) is 0 Å². The molecule has 4 N–H and O–H groups in total. The van der Waals surface area contributed by atoms with E-state index in [1.165, 1.54) is 18.2 Å². The summed E-state index contributed by atoms with van der Waals surface area (Å²) in [5.41, 5.74) is 3.98. The number of aromatic nitrogens is 3. The van der Waals surface area contributed by atoms with Crippen molar-refractivity contribution in [3.63, 3.8) is 0 Å². The van der Waals surface area contributed by atoms with E-state index in [1.54, 1.807) is 6.92 Å². The number of amides is 1. The highest BCUT2D eigenvalue weighted by molar-refractivity contribution is 5.76. The molecule has 0 aliphatic rings. The number of phenolic OH excluding ortho intramolecular Hbond substituents is 1. The van der Waals surface area contributed by atoms with Crippen LogP contribution < -0.4 is 21.9 Å². The molecule has 0 saturated heterocycles. The molecule has 1 heterocycles. The molecule has 0 radical (unpaired) electrons. The van der Waals surface area contributed by atoms with Crippen LogP contribution in [0.5, 0.6) is 11.5 Å². The second kappa shape index (κ2) is 8.05. The molecule has 1 aromatic heterocycles. The lowest BCUT2D eigenvalue weighted by Gasteiger charge is -2.10. The zero-order chi connectivity index (χ0) is 22.9. The quantitative estimate of drug-likeness (QED) is 0.538. The lowest BCUT2D eigenvalue weighted by atomic mass is 10.00. The van der Waals surface area contributed by atoms with Gasteiger partial charge in [-0.3, -0.25) is 4.79 Å². The van der Waals surface area contributed by atoms with Gasteiger partial charge in [-0.15, -0.1) is 13.2 Å². The van der Waals surface area contributed by atoms with Crippen LogP contribution in [0.3, 0.4) is 0 Å². The van der Waals surface area contributed by atoms with E-state index in [4.69, 9.17) is 5.73 Å². The first-order chi connectivity index (χ1) is 14.5. The molecule has 0 spiro atoms. The number of aromatic hydroxyl groups is 1. The van der Waals surface area contributed by atoms with Gasteiger partial charge < -0.3 is 15.6 Å². The normalized spacial score (nSPS) is 12.5. The maximum atomic E-state index is 12.8. The first kappa shape index (κ1) is 21.7. The Morgan fingerprint density at radius 2 is 1.84 bits per heavy atom. The van der Waals surface area contributed by atoms with Crippen molar-refractivity contribution in [2.24, 2.45) is 11.7 Å². The van der Waals surface area contributed by atoms with Crippen molar-refractivity contribution in [3.8, 4) is 22.9 Å². The van der Waals surface area contributed by atoms with Gasteiger partial charge in [-0.05, 0) is 48.4 Å². The molecule has 0 fully saturated rings. The van der Waals surface area contributed by atoms with Crippen LogP contribution in [0.25, 0.3) is 11.4 Å². The Kier molecular flexibility index (Phi) is 5.64. The Bertz CT molecular complexity index is 1230. The average Bonchev–Trinajstić information content (AvgIpc) is 2.97. The van der Waals surface area contributed by atoms with E-state index in [0.717, 1.165) is 28.9 Å². The fourth-order valence-electron chi connectivity index (χ4n) is 2.90. The van der Waals surface area contributed by atoms with Gasteiger partial charge in [0.05, 0.1) is 5.69 Å². The number of alkyl halides is 3. The van der Waals surface area contributed by atoms with Crippen molar-refractivity contribution in [1.29, 1.82) is 0 Å². The van der Waals surface area contributed by atoms with Gasteiger partial charge in [0, 0.05) is 5.92 Å². The Morgan fingerprint density at radius 1 is 1.19 bits per heavy atom. The molecule has 1 amide bonds. The Balaban J connectivity index is 2.00. The van der Waals surface area contributed by atoms with Crippen LogP contribution in [0.4, 0.5) is 13.2 Å². The third kappa shape index (κ3) is 4.79. The van der Waals surface area contributed by atoms with Gasteiger partial charge in [0.1, 0.15) is 17.2 Å². The van der Waals surface area contributed by atoms with Crippen LogP contribution in [0.15, 0.2) is 52.1 Å². The summed E-state index contributed by atoms with van der Waals surface area (Å²) in [5.74, 6) is -1.87. The highest BCUT2D eigenvalue weighted by Crippen LogP contribution is 2.24. The molecule has 3 rings (SSSR count). The summed E-state index contributed by atoms with van der Waals surface area (Å²) in [6.07, 6.45) is -4.64. The second-order valence-corrected chi connectivity index (χ2v) is 6.74. The van der Waals surface area contributed by atoms with Crippen LogP contribution in [0, 0.1) is 5.92 Å². The molecule has 9 nitrogen and oxygen atoms in total. The topological polar surface area (TPSA) is 132 Å². The van der Waals surface area contributed by atoms with Gasteiger partial charge in [0.25, 0.3) is 0 Å². The minimum absolute atomic E-state index is 0.0162. The van der Waals surface area contributed by atoms with Gasteiger partial charge in [0.2, 0.25) is 5.91 Å². The molecular weight excluding hydrogens is 421 g/mol. The highest BCUT2D eigenvalue weighted by atomic mass is 19.4. The lowest BCUT2D eigenvalue weighted by molar-refractivity contribution is -0.274. The molecule has 12 heteroatoms. The molecule has 1 unspecified atom stereocenters. The number of rotatable bonds is 6. The predicted octanol–water partition coefficient (Wildman–Crippen LogP) is 1.58. The van der Waals surface area contributed by atoms with E-state index >= 15 is 0 Å². The number of carbonyl (C=O) groups excluding carboxylic acids is 1. The molecule has 0 saturated carbocycles. The number of nitrogens with two attached hydrogens (primary N) is 1. The highest BCUT2D eigenvalue weighted by Gasteiger charge is 2.31. The molecule has 0 aliphatic carbocycles. The molecule has 0 aliphatic heterocycles. The molecule has 31 heavy (non-hydrogen) atoms.